The standard InChI is InChI=1S/C10H18N2O3S/c1-3-7-11-8-9-5-6-10(15-9)16(13,14)12-4-2/h5-6,11-12H,3-4,7-8H2,1-2H3. The summed E-state index contributed by atoms with van der Waals surface area (Å²) in [6.45, 7) is 5.58. The van der Waals surface area contributed by atoms with Gasteiger partial charge in [0.1, 0.15) is 5.76 Å². The van der Waals surface area contributed by atoms with E-state index in [0.717, 1.165) is 13.0 Å². The molecule has 0 aliphatic heterocycles. The summed E-state index contributed by atoms with van der Waals surface area (Å²) in [5, 5.41) is 3.11. The van der Waals surface area contributed by atoms with E-state index in [2.05, 4.69) is 17.0 Å². The van der Waals surface area contributed by atoms with Gasteiger partial charge in [0.15, 0.2) is 0 Å². The molecule has 6 heteroatoms. The van der Waals surface area contributed by atoms with Crippen LogP contribution in [0, 0.1) is 0 Å². The van der Waals surface area contributed by atoms with Crippen molar-refractivity contribution in [1.82, 2.24) is 10.0 Å². The van der Waals surface area contributed by atoms with E-state index in [-0.39, 0.29) is 5.09 Å². The van der Waals surface area contributed by atoms with E-state index in [1.165, 1.54) is 6.07 Å². The van der Waals surface area contributed by atoms with Crippen molar-refractivity contribution < 1.29 is 12.8 Å². The van der Waals surface area contributed by atoms with E-state index in [9.17, 15) is 8.42 Å². The molecule has 1 aromatic heterocycles. The molecule has 92 valence electrons. The number of rotatable bonds is 7. The Morgan fingerprint density at radius 1 is 1.31 bits per heavy atom. The van der Waals surface area contributed by atoms with Gasteiger partial charge in [0.05, 0.1) is 6.54 Å². The summed E-state index contributed by atoms with van der Waals surface area (Å²) in [5.74, 6) is 0.630. The first-order valence-electron chi connectivity index (χ1n) is 5.39. The van der Waals surface area contributed by atoms with Crippen molar-refractivity contribution >= 4 is 10.0 Å². The molecular formula is C10H18N2O3S. The van der Waals surface area contributed by atoms with E-state index in [4.69, 9.17) is 4.42 Å². The van der Waals surface area contributed by atoms with Crippen molar-refractivity contribution in [3.8, 4) is 0 Å². The maximum Gasteiger partial charge on any atom is 0.273 e. The molecule has 1 heterocycles. The van der Waals surface area contributed by atoms with Gasteiger partial charge in [-0.2, -0.15) is 0 Å². The molecule has 0 amide bonds. The molecule has 5 nitrogen and oxygen atoms in total. The lowest BCUT2D eigenvalue weighted by Gasteiger charge is -2.01. The zero-order chi connectivity index (χ0) is 12.0. The lowest BCUT2D eigenvalue weighted by atomic mass is 10.4. The molecule has 0 spiro atoms. The first-order valence-corrected chi connectivity index (χ1v) is 6.87. The molecule has 0 saturated heterocycles. The van der Waals surface area contributed by atoms with Crippen LogP contribution in [0.3, 0.4) is 0 Å². The Balaban J connectivity index is 2.64. The van der Waals surface area contributed by atoms with Crippen LogP contribution in [0.4, 0.5) is 0 Å². The zero-order valence-corrected chi connectivity index (χ0v) is 10.4. The molecule has 0 aromatic carbocycles. The second kappa shape index (κ2) is 6.03. The molecule has 1 aromatic rings. The van der Waals surface area contributed by atoms with Crippen LogP contribution in [0.25, 0.3) is 0 Å². The van der Waals surface area contributed by atoms with Crippen molar-refractivity contribution in [3.05, 3.63) is 17.9 Å². The monoisotopic (exact) mass is 246 g/mol. The highest BCUT2D eigenvalue weighted by molar-refractivity contribution is 7.89. The Labute approximate surface area is 96.3 Å². The molecule has 16 heavy (non-hydrogen) atoms. The SMILES string of the molecule is CCCNCc1ccc(S(=O)(=O)NCC)o1. The average Bonchev–Trinajstić information content (AvgIpc) is 2.67. The van der Waals surface area contributed by atoms with Gasteiger partial charge in [-0.1, -0.05) is 13.8 Å². The lowest BCUT2D eigenvalue weighted by Crippen LogP contribution is -2.22. The Morgan fingerprint density at radius 3 is 2.69 bits per heavy atom. The smallest absolute Gasteiger partial charge is 0.273 e. The number of sulfonamides is 1. The first kappa shape index (κ1) is 13.2. The Hall–Kier alpha value is -0.850. The second-order valence-electron chi connectivity index (χ2n) is 3.40. The summed E-state index contributed by atoms with van der Waals surface area (Å²) < 4.78 is 30.7. The third-order valence-corrected chi connectivity index (χ3v) is 3.38. The maximum atomic E-state index is 11.6. The fraction of sp³-hybridized carbons (Fsp3) is 0.600. The second-order valence-corrected chi connectivity index (χ2v) is 5.10. The van der Waals surface area contributed by atoms with Crippen LogP contribution >= 0.6 is 0 Å². The average molecular weight is 246 g/mol. The predicted molar refractivity (Wildman–Crippen MR) is 61.6 cm³/mol. The molecule has 2 N–H and O–H groups in total. The lowest BCUT2D eigenvalue weighted by molar-refractivity contribution is 0.400. The molecule has 0 unspecified atom stereocenters. The van der Waals surface area contributed by atoms with Crippen LogP contribution in [0.5, 0.6) is 0 Å². The van der Waals surface area contributed by atoms with Crippen LogP contribution < -0.4 is 10.0 Å². The quantitative estimate of drug-likeness (QED) is 0.706. The minimum atomic E-state index is -3.46. The van der Waals surface area contributed by atoms with Gasteiger partial charge in [0.25, 0.3) is 10.0 Å². The van der Waals surface area contributed by atoms with Crippen molar-refractivity contribution in [2.24, 2.45) is 0 Å². The molecule has 0 aliphatic carbocycles. The number of hydrogen-bond acceptors (Lipinski definition) is 4. The molecule has 0 bridgehead atoms. The number of nitrogens with one attached hydrogen (secondary N) is 2. The Morgan fingerprint density at radius 2 is 2.06 bits per heavy atom. The van der Waals surface area contributed by atoms with Gasteiger partial charge < -0.3 is 9.73 Å². The van der Waals surface area contributed by atoms with Gasteiger partial charge in [-0.25, -0.2) is 13.1 Å². The number of hydrogen-bond donors (Lipinski definition) is 2. The summed E-state index contributed by atoms with van der Waals surface area (Å²) in [7, 11) is -3.46. The predicted octanol–water partition coefficient (Wildman–Crippen LogP) is 1.08. The fourth-order valence-corrected chi connectivity index (χ4v) is 2.23. The van der Waals surface area contributed by atoms with Crippen molar-refractivity contribution in [3.63, 3.8) is 0 Å². The van der Waals surface area contributed by atoms with Crippen molar-refractivity contribution in [2.45, 2.75) is 31.9 Å². The largest absolute Gasteiger partial charge is 0.447 e. The van der Waals surface area contributed by atoms with Gasteiger partial charge in [0, 0.05) is 6.54 Å². The third-order valence-electron chi connectivity index (χ3n) is 1.96. The van der Waals surface area contributed by atoms with E-state index in [0.29, 0.717) is 18.8 Å². The van der Waals surface area contributed by atoms with Crippen molar-refractivity contribution in [1.29, 1.82) is 0 Å². The molecule has 0 aliphatic rings. The normalized spacial score (nSPS) is 11.9. The summed E-state index contributed by atoms with van der Waals surface area (Å²) in [5.41, 5.74) is 0. The van der Waals surface area contributed by atoms with Crippen LogP contribution in [0.1, 0.15) is 26.0 Å². The minimum absolute atomic E-state index is 0.0253. The van der Waals surface area contributed by atoms with E-state index >= 15 is 0 Å². The third kappa shape index (κ3) is 3.62. The fourth-order valence-electron chi connectivity index (χ4n) is 1.25. The molecular weight excluding hydrogens is 228 g/mol. The number of furan rings is 1. The van der Waals surface area contributed by atoms with E-state index in [1.807, 2.05) is 0 Å². The first-order chi connectivity index (χ1) is 7.60. The van der Waals surface area contributed by atoms with Gasteiger partial charge in [-0.3, -0.25) is 0 Å². The molecule has 0 saturated carbocycles. The summed E-state index contributed by atoms with van der Waals surface area (Å²) in [4.78, 5) is 0. The van der Waals surface area contributed by atoms with Crippen LogP contribution in [0.2, 0.25) is 0 Å². The Kier molecular flexibility index (Phi) is 4.98. The summed E-state index contributed by atoms with van der Waals surface area (Å²) in [6.07, 6.45) is 1.03. The van der Waals surface area contributed by atoms with Gasteiger partial charge in [-0.05, 0) is 25.1 Å². The van der Waals surface area contributed by atoms with Gasteiger partial charge >= 0.3 is 0 Å². The van der Waals surface area contributed by atoms with Crippen LogP contribution in [-0.2, 0) is 16.6 Å². The van der Waals surface area contributed by atoms with Gasteiger partial charge in [0.2, 0.25) is 5.09 Å². The molecule has 0 radical (unpaired) electrons. The molecule has 1 rings (SSSR count). The van der Waals surface area contributed by atoms with Crippen LogP contribution in [-0.4, -0.2) is 21.5 Å². The van der Waals surface area contributed by atoms with Crippen LogP contribution in [0.15, 0.2) is 21.6 Å². The van der Waals surface area contributed by atoms with E-state index < -0.39 is 10.0 Å². The van der Waals surface area contributed by atoms with Crippen molar-refractivity contribution in [2.75, 3.05) is 13.1 Å². The molecule has 0 fully saturated rings. The maximum absolute atomic E-state index is 11.6. The highest BCUT2D eigenvalue weighted by atomic mass is 32.2. The highest BCUT2D eigenvalue weighted by Gasteiger charge is 2.16. The summed E-state index contributed by atoms with van der Waals surface area (Å²) in [6, 6.07) is 3.15. The van der Waals surface area contributed by atoms with E-state index in [1.54, 1.807) is 13.0 Å². The molecule has 0 atom stereocenters. The van der Waals surface area contributed by atoms with Gasteiger partial charge in [-0.15, -0.1) is 0 Å². The minimum Gasteiger partial charge on any atom is -0.447 e. The zero-order valence-electron chi connectivity index (χ0n) is 9.62. The highest BCUT2D eigenvalue weighted by Crippen LogP contribution is 2.13. The Bertz CT molecular complexity index is 411. The topological polar surface area (TPSA) is 71.3 Å². The summed E-state index contributed by atoms with van der Waals surface area (Å²) >= 11 is 0.